The number of aliphatic hydroxyl groups is 1. The van der Waals surface area contributed by atoms with Crippen molar-refractivity contribution in [2.24, 2.45) is 0 Å². The second kappa shape index (κ2) is 6.15. The fourth-order valence-corrected chi connectivity index (χ4v) is 1.38. The van der Waals surface area contributed by atoms with Gasteiger partial charge in [0.05, 0.1) is 6.61 Å². The average molecular weight is 238 g/mol. The molecular weight excluding hydrogens is 223 g/mol. The van der Waals surface area contributed by atoms with Crippen LogP contribution in [0, 0.1) is 5.82 Å². The van der Waals surface area contributed by atoms with Gasteiger partial charge in [-0.25, -0.2) is 9.18 Å². The Morgan fingerprint density at radius 2 is 2.29 bits per heavy atom. The third kappa shape index (κ3) is 4.00. The standard InChI is InChI=1S/C13H15FO3/c1-3-17-13(16)12(15)7-9(2)10-5-4-6-11(14)8-10/h4-6,8,12,15H,2-3,7H2,1H3/t12-/m1/s1. The van der Waals surface area contributed by atoms with Crippen molar-refractivity contribution in [2.45, 2.75) is 19.4 Å². The Morgan fingerprint density at radius 3 is 2.88 bits per heavy atom. The van der Waals surface area contributed by atoms with E-state index in [4.69, 9.17) is 0 Å². The molecule has 0 aromatic heterocycles. The normalized spacial score (nSPS) is 11.9. The third-order valence-electron chi connectivity index (χ3n) is 2.23. The summed E-state index contributed by atoms with van der Waals surface area (Å²) in [5.41, 5.74) is 1.05. The minimum Gasteiger partial charge on any atom is -0.464 e. The second-order valence-corrected chi connectivity index (χ2v) is 3.59. The van der Waals surface area contributed by atoms with Crippen LogP contribution < -0.4 is 0 Å². The molecule has 1 rings (SSSR count). The smallest absolute Gasteiger partial charge is 0.335 e. The molecule has 0 fully saturated rings. The maximum Gasteiger partial charge on any atom is 0.335 e. The molecule has 0 radical (unpaired) electrons. The maximum atomic E-state index is 12.9. The molecule has 0 bridgehead atoms. The summed E-state index contributed by atoms with van der Waals surface area (Å²) < 4.78 is 17.6. The molecule has 3 nitrogen and oxygen atoms in total. The molecule has 0 amide bonds. The summed E-state index contributed by atoms with van der Waals surface area (Å²) in [4.78, 5) is 11.2. The van der Waals surface area contributed by atoms with Crippen LogP contribution in [0.25, 0.3) is 5.57 Å². The van der Waals surface area contributed by atoms with Crippen molar-refractivity contribution in [2.75, 3.05) is 6.61 Å². The van der Waals surface area contributed by atoms with Gasteiger partial charge in [-0.3, -0.25) is 0 Å². The Balaban J connectivity index is 2.63. The number of rotatable bonds is 5. The molecule has 0 aliphatic rings. The first-order chi connectivity index (χ1) is 8.04. The van der Waals surface area contributed by atoms with Crippen molar-refractivity contribution in [1.82, 2.24) is 0 Å². The Labute approximate surface area is 99.5 Å². The summed E-state index contributed by atoms with van der Waals surface area (Å²) in [5, 5.41) is 9.52. The predicted molar refractivity (Wildman–Crippen MR) is 62.7 cm³/mol. The Hall–Kier alpha value is -1.68. The van der Waals surface area contributed by atoms with Gasteiger partial charge >= 0.3 is 5.97 Å². The molecular formula is C13H15FO3. The van der Waals surface area contributed by atoms with E-state index in [9.17, 15) is 14.3 Å². The van der Waals surface area contributed by atoms with E-state index in [1.54, 1.807) is 19.1 Å². The minimum atomic E-state index is -1.26. The molecule has 0 spiro atoms. The minimum absolute atomic E-state index is 0.0300. The number of carbonyl (C=O) groups excluding carboxylic acids is 1. The first kappa shape index (κ1) is 13.4. The van der Waals surface area contributed by atoms with Crippen molar-refractivity contribution >= 4 is 11.5 Å². The summed E-state index contributed by atoms with van der Waals surface area (Å²) in [7, 11) is 0. The first-order valence-corrected chi connectivity index (χ1v) is 5.33. The summed E-state index contributed by atoms with van der Waals surface area (Å²) in [6.45, 7) is 5.58. The van der Waals surface area contributed by atoms with Gasteiger partial charge in [0.15, 0.2) is 6.10 Å². The van der Waals surface area contributed by atoms with Crippen LogP contribution in [0.2, 0.25) is 0 Å². The molecule has 0 heterocycles. The van der Waals surface area contributed by atoms with Gasteiger partial charge in [-0.05, 0) is 30.2 Å². The average Bonchev–Trinajstić information content (AvgIpc) is 2.29. The van der Waals surface area contributed by atoms with Crippen LogP contribution in [0.4, 0.5) is 4.39 Å². The van der Waals surface area contributed by atoms with Crippen LogP contribution in [0.1, 0.15) is 18.9 Å². The molecule has 1 atom stereocenters. The topological polar surface area (TPSA) is 46.5 Å². The van der Waals surface area contributed by atoms with E-state index >= 15 is 0 Å². The zero-order valence-electron chi connectivity index (χ0n) is 9.65. The fraction of sp³-hybridized carbons (Fsp3) is 0.308. The number of aliphatic hydroxyl groups excluding tert-OH is 1. The van der Waals surface area contributed by atoms with E-state index < -0.39 is 12.1 Å². The Kier molecular flexibility index (Phi) is 4.84. The molecule has 1 aromatic carbocycles. The number of hydrogen-bond acceptors (Lipinski definition) is 3. The van der Waals surface area contributed by atoms with Gasteiger partial charge in [0.1, 0.15) is 5.82 Å². The van der Waals surface area contributed by atoms with Crippen LogP contribution in [0.3, 0.4) is 0 Å². The summed E-state index contributed by atoms with van der Waals surface area (Å²) in [5.74, 6) is -1.07. The Morgan fingerprint density at radius 1 is 1.59 bits per heavy atom. The van der Waals surface area contributed by atoms with E-state index in [0.29, 0.717) is 11.1 Å². The first-order valence-electron chi connectivity index (χ1n) is 5.33. The summed E-state index contributed by atoms with van der Waals surface area (Å²) in [6.07, 6.45) is -1.23. The molecule has 0 aliphatic carbocycles. The van der Waals surface area contributed by atoms with Crippen molar-refractivity contribution in [3.05, 3.63) is 42.2 Å². The molecule has 0 unspecified atom stereocenters. The number of esters is 1. The molecule has 1 aromatic rings. The van der Waals surface area contributed by atoms with E-state index in [1.165, 1.54) is 12.1 Å². The van der Waals surface area contributed by atoms with Crippen molar-refractivity contribution < 1.29 is 19.0 Å². The van der Waals surface area contributed by atoms with Gasteiger partial charge in [-0.2, -0.15) is 0 Å². The van der Waals surface area contributed by atoms with Gasteiger partial charge in [0, 0.05) is 6.42 Å². The van der Waals surface area contributed by atoms with Crippen LogP contribution in [-0.2, 0) is 9.53 Å². The number of benzene rings is 1. The van der Waals surface area contributed by atoms with Gasteiger partial charge in [0.2, 0.25) is 0 Å². The molecule has 92 valence electrons. The summed E-state index contributed by atoms with van der Waals surface area (Å²) in [6, 6.07) is 5.84. The van der Waals surface area contributed by atoms with Gasteiger partial charge in [0.25, 0.3) is 0 Å². The molecule has 0 saturated heterocycles. The van der Waals surface area contributed by atoms with Crippen LogP contribution in [0.5, 0.6) is 0 Å². The molecule has 4 heteroatoms. The fourth-order valence-electron chi connectivity index (χ4n) is 1.38. The highest BCUT2D eigenvalue weighted by molar-refractivity contribution is 5.78. The van der Waals surface area contributed by atoms with E-state index in [-0.39, 0.29) is 18.8 Å². The lowest BCUT2D eigenvalue weighted by molar-refractivity contribution is -0.152. The van der Waals surface area contributed by atoms with Crippen molar-refractivity contribution in [1.29, 1.82) is 0 Å². The van der Waals surface area contributed by atoms with Crippen LogP contribution in [0.15, 0.2) is 30.8 Å². The number of carbonyl (C=O) groups is 1. The van der Waals surface area contributed by atoms with E-state index in [1.807, 2.05) is 0 Å². The highest BCUT2D eigenvalue weighted by atomic mass is 19.1. The van der Waals surface area contributed by atoms with Crippen molar-refractivity contribution in [3.8, 4) is 0 Å². The lowest BCUT2D eigenvalue weighted by Crippen LogP contribution is -2.23. The molecule has 1 N–H and O–H groups in total. The maximum absolute atomic E-state index is 12.9. The predicted octanol–water partition coefficient (Wildman–Crippen LogP) is 2.15. The van der Waals surface area contributed by atoms with Crippen molar-refractivity contribution in [3.63, 3.8) is 0 Å². The molecule has 17 heavy (non-hydrogen) atoms. The number of hydrogen-bond donors (Lipinski definition) is 1. The zero-order valence-corrected chi connectivity index (χ0v) is 9.65. The van der Waals surface area contributed by atoms with Crippen LogP contribution >= 0.6 is 0 Å². The monoisotopic (exact) mass is 238 g/mol. The van der Waals surface area contributed by atoms with Gasteiger partial charge in [-0.15, -0.1) is 0 Å². The third-order valence-corrected chi connectivity index (χ3v) is 2.23. The quantitative estimate of drug-likeness (QED) is 0.799. The van der Waals surface area contributed by atoms with Gasteiger partial charge in [-0.1, -0.05) is 18.7 Å². The zero-order chi connectivity index (χ0) is 12.8. The summed E-state index contributed by atoms with van der Waals surface area (Å²) >= 11 is 0. The molecule has 0 aliphatic heterocycles. The number of ether oxygens (including phenoxy) is 1. The van der Waals surface area contributed by atoms with Crippen LogP contribution in [-0.4, -0.2) is 23.8 Å². The van der Waals surface area contributed by atoms with Gasteiger partial charge < -0.3 is 9.84 Å². The SMILES string of the molecule is C=C(C[C@@H](O)C(=O)OCC)c1cccc(F)c1. The van der Waals surface area contributed by atoms with E-state index in [0.717, 1.165) is 0 Å². The second-order valence-electron chi connectivity index (χ2n) is 3.59. The highest BCUT2D eigenvalue weighted by Crippen LogP contribution is 2.19. The molecule has 0 saturated carbocycles. The van der Waals surface area contributed by atoms with E-state index in [2.05, 4.69) is 11.3 Å². The largest absolute Gasteiger partial charge is 0.464 e. The highest BCUT2D eigenvalue weighted by Gasteiger charge is 2.17. The number of halogens is 1. The Bertz CT molecular complexity index is 415. The lowest BCUT2D eigenvalue weighted by Gasteiger charge is -2.11. The lowest BCUT2D eigenvalue weighted by atomic mass is 10.0.